The second-order valence-electron chi connectivity index (χ2n) is 0.755. The van der Waals surface area contributed by atoms with Crippen molar-refractivity contribution in [2.75, 3.05) is 0 Å². The zero-order chi connectivity index (χ0) is 6.28. The standard InChI is InChI=1S/C2H4O2.C2H4O.H2O.H2/c1-2(3)4;1-2-3;;/h1H3,(H,3,4);2H,1H3;1H2;1H. The van der Waals surface area contributed by atoms with Crippen LogP contribution in [0.15, 0.2) is 0 Å². The van der Waals surface area contributed by atoms with Crippen molar-refractivity contribution in [1.29, 1.82) is 0 Å². The second-order valence-corrected chi connectivity index (χ2v) is 0.755. The highest BCUT2D eigenvalue weighted by Crippen LogP contribution is 1.42. The molecule has 0 aromatic carbocycles. The van der Waals surface area contributed by atoms with Gasteiger partial charge in [-0.05, 0) is 6.92 Å². The molecule has 4 nitrogen and oxygen atoms in total. The lowest BCUT2D eigenvalue weighted by Gasteiger charge is -1.59. The summed E-state index contributed by atoms with van der Waals surface area (Å²) in [6.45, 7) is 2.53. The summed E-state index contributed by atoms with van der Waals surface area (Å²) in [7, 11) is 0. The minimum absolute atomic E-state index is 0. The predicted octanol–water partition coefficient (Wildman–Crippen LogP) is -0.283. The lowest BCUT2D eigenvalue weighted by molar-refractivity contribution is -0.134. The SMILES string of the molecule is CC(=O)O.CC=O.O.[HH]. The zero-order valence-electron chi connectivity index (χ0n) is 4.84. The third kappa shape index (κ3) is 106. The van der Waals surface area contributed by atoms with Crippen LogP contribution in [0.4, 0.5) is 0 Å². The summed E-state index contributed by atoms with van der Waals surface area (Å²) >= 11 is 0. The third-order valence-electron chi connectivity index (χ3n) is 0. The Balaban J connectivity index is -0.0000000233. The molecule has 0 radical (unpaired) electrons. The van der Waals surface area contributed by atoms with Crippen LogP contribution in [-0.2, 0) is 9.59 Å². The maximum absolute atomic E-state index is 9.00. The molecule has 0 bridgehead atoms. The van der Waals surface area contributed by atoms with E-state index in [2.05, 4.69) is 0 Å². The first kappa shape index (κ1) is 15.7. The molecule has 0 saturated heterocycles. The average Bonchev–Trinajstić information content (AvgIpc) is 1.33. The predicted molar refractivity (Wildman–Crippen MR) is 30.8 cm³/mol. The van der Waals surface area contributed by atoms with E-state index in [-0.39, 0.29) is 6.90 Å². The molecule has 0 spiro atoms. The number of aliphatic carboxylic acids is 1. The van der Waals surface area contributed by atoms with Gasteiger partial charge in [0.1, 0.15) is 6.29 Å². The van der Waals surface area contributed by atoms with Crippen molar-refractivity contribution in [3.63, 3.8) is 0 Å². The van der Waals surface area contributed by atoms with Gasteiger partial charge in [-0.25, -0.2) is 0 Å². The molecule has 8 heavy (non-hydrogen) atoms. The molecule has 0 saturated carbocycles. The van der Waals surface area contributed by atoms with Crippen molar-refractivity contribution >= 4 is 12.3 Å². The lowest BCUT2D eigenvalue weighted by atomic mass is 10.9. The van der Waals surface area contributed by atoms with Gasteiger partial charge in [-0.15, -0.1) is 0 Å². The van der Waals surface area contributed by atoms with Crippen molar-refractivity contribution in [3.8, 4) is 0 Å². The summed E-state index contributed by atoms with van der Waals surface area (Å²) in [6, 6.07) is 0. The number of hydrogen-bond donors (Lipinski definition) is 1. The van der Waals surface area contributed by atoms with Gasteiger partial charge in [0, 0.05) is 8.35 Å². The number of carbonyl (C=O) groups is 2. The molecule has 0 amide bonds. The molecule has 0 aromatic heterocycles. The number of aldehydes is 1. The Morgan fingerprint density at radius 2 is 1.75 bits per heavy atom. The van der Waals surface area contributed by atoms with Gasteiger partial charge < -0.3 is 15.4 Å². The van der Waals surface area contributed by atoms with Crippen LogP contribution in [0.1, 0.15) is 15.3 Å². The van der Waals surface area contributed by atoms with E-state index in [0.717, 1.165) is 13.2 Å². The zero-order valence-corrected chi connectivity index (χ0v) is 4.84. The first-order valence-electron chi connectivity index (χ1n) is 1.74. The molecule has 4 heteroatoms. The largest absolute Gasteiger partial charge is 0.481 e. The molecule has 0 atom stereocenters. The molecule has 3 N–H and O–H groups in total. The molecule has 0 aliphatic carbocycles. The normalized spacial score (nSPS) is 4.75. The van der Waals surface area contributed by atoms with E-state index in [1.165, 1.54) is 6.92 Å². The van der Waals surface area contributed by atoms with Crippen LogP contribution in [0.5, 0.6) is 0 Å². The third-order valence-corrected chi connectivity index (χ3v) is 0. The maximum atomic E-state index is 9.00. The fraction of sp³-hybridized carbons (Fsp3) is 0.500. The topological polar surface area (TPSA) is 85.9 Å². The summed E-state index contributed by atoms with van der Waals surface area (Å²) in [5.41, 5.74) is 0. The number of carboxylic acids is 1. The number of rotatable bonds is 0. The summed E-state index contributed by atoms with van der Waals surface area (Å²) in [4.78, 5) is 17.8. The van der Waals surface area contributed by atoms with Crippen LogP contribution in [0.3, 0.4) is 0 Å². The summed E-state index contributed by atoms with van der Waals surface area (Å²) in [5, 5.41) is 7.42. The summed E-state index contributed by atoms with van der Waals surface area (Å²) in [5.74, 6) is -0.833. The Morgan fingerprint density at radius 3 is 1.75 bits per heavy atom. The van der Waals surface area contributed by atoms with Gasteiger partial charge in [-0.1, -0.05) is 0 Å². The number of hydrogen-bond acceptors (Lipinski definition) is 2. The number of carbonyl (C=O) groups excluding carboxylic acids is 1. The van der Waals surface area contributed by atoms with Gasteiger partial charge in [0.15, 0.2) is 0 Å². The molecule has 0 aliphatic heterocycles. The van der Waals surface area contributed by atoms with Crippen molar-refractivity contribution in [2.24, 2.45) is 0 Å². The van der Waals surface area contributed by atoms with Crippen LogP contribution in [-0.4, -0.2) is 22.8 Å². The molecule has 0 heterocycles. The highest BCUT2D eigenvalue weighted by atomic mass is 16.4. The van der Waals surface area contributed by atoms with Gasteiger partial charge in [-0.2, -0.15) is 0 Å². The quantitative estimate of drug-likeness (QED) is 0.450. The minimum atomic E-state index is -0.833. The Morgan fingerprint density at radius 1 is 1.75 bits per heavy atom. The molecular weight excluding hydrogens is 112 g/mol. The fourth-order valence-corrected chi connectivity index (χ4v) is 0. The molecule has 52 valence electrons. The molecule has 0 rings (SSSR count). The van der Waals surface area contributed by atoms with Crippen molar-refractivity contribution in [1.82, 2.24) is 0 Å². The molecule has 0 unspecified atom stereocenters. The highest BCUT2D eigenvalue weighted by molar-refractivity contribution is 5.62. The van der Waals surface area contributed by atoms with Gasteiger partial charge in [0.25, 0.3) is 5.97 Å². The minimum Gasteiger partial charge on any atom is -0.481 e. The van der Waals surface area contributed by atoms with Crippen LogP contribution in [0.2, 0.25) is 0 Å². The number of carboxylic acid groups (broad SMARTS) is 1. The van der Waals surface area contributed by atoms with Crippen LogP contribution in [0.25, 0.3) is 0 Å². The monoisotopic (exact) mass is 124 g/mol. The molecule has 0 aromatic rings. The first-order chi connectivity index (χ1) is 3.15. The molecule has 0 fully saturated rings. The Bertz CT molecular complexity index is 59.6. The average molecular weight is 124 g/mol. The van der Waals surface area contributed by atoms with Gasteiger partial charge in [-0.3, -0.25) is 4.79 Å². The Hall–Kier alpha value is -0.900. The van der Waals surface area contributed by atoms with E-state index in [1.807, 2.05) is 0 Å². The van der Waals surface area contributed by atoms with Crippen molar-refractivity contribution in [3.05, 3.63) is 0 Å². The Kier molecular flexibility index (Phi) is 32.4. The van der Waals surface area contributed by atoms with Crippen LogP contribution in [0, 0.1) is 0 Å². The van der Waals surface area contributed by atoms with Crippen LogP contribution >= 0.6 is 0 Å². The smallest absolute Gasteiger partial charge is 0.300 e. The van der Waals surface area contributed by atoms with E-state index >= 15 is 0 Å². The second kappa shape index (κ2) is 16.5. The van der Waals surface area contributed by atoms with E-state index in [4.69, 9.17) is 14.7 Å². The van der Waals surface area contributed by atoms with Gasteiger partial charge >= 0.3 is 0 Å². The van der Waals surface area contributed by atoms with E-state index < -0.39 is 5.97 Å². The maximum Gasteiger partial charge on any atom is 0.300 e. The van der Waals surface area contributed by atoms with E-state index in [9.17, 15) is 0 Å². The highest BCUT2D eigenvalue weighted by Gasteiger charge is 1.65. The summed E-state index contributed by atoms with van der Waals surface area (Å²) < 4.78 is 0. The fourth-order valence-electron chi connectivity index (χ4n) is 0. The Labute approximate surface area is 48.9 Å². The van der Waals surface area contributed by atoms with Crippen molar-refractivity contribution in [2.45, 2.75) is 13.8 Å². The van der Waals surface area contributed by atoms with E-state index in [1.54, 1.807) is 0 Å². The summed E-state index contributed by atoms with van der Waals surface area (Å²) in [6.07, 6.45) is 0.750. The molecular formula is C4H12O4. The van der Waals surface area contributed by atoms with Gasteiger partial charge in [0.2, 0.25) is 0 Å². The first-order valence-corrected chi connectivity index (χ1v) is 1.74. The van der Waals surface area contributed by atoms with Crippen molar-refractivity contribution < 1.29 is 21.6 Å². The lowest BCUT2D eigenvalue weighted by Crippen LogP contribution is -1.78. The van der Waals surface area contributed by atoms with E-state index in [0.29, 0.717) is 0 Å². The van der Waals surface area contributed by atoms with Crippen LogP contribution < -0.4 is 0 Å². The van der Waals surface area contributed by atoms with Gasteiger partial charge in [0.05, 0.1) is 0 Å². The molecule has 0 aliphatic rings.